The van der Waals surface area contributed by atoms with Crippen LogP contribution in [0.15, 0.2) is 42.7 Å². The number of benzene rings is 1. The molecule has 1 aliphatic heterocycles. The number of fused-ring (bicyclic) bond motifs is 1. The Morgan fingerprint density at radius 2 is 2.32 bits per heavy atom. The van der Waals surface area contributed by atoms with E-state index in [4.69, 9.17) is 4.74 Å². The van der Waals surface area contributed by atoms with Crippen LogP contribution in [0.25, 0.3) is 0 Å². The molecule has 1 aliphatic rings. The Kier molecular flexibility index (Phi) is 3.09. The largest absolute Gasteiger partial charge is 0.508 e. The number of ether oxygens (including phenoxy) is 1. The van der Waals surface area contributed by atoms with Gasteiger partial charge in [0.2, 0.25) is 0 Å². The fourth-order valence-electron chi connectivity index (χ4n) is 2.37. The highest BCUT2D eigenvalue weighted by Gasteiger charge is 2.25. The number of hydrogen-bond donors (Lipinski definition) is 2. The maximum Gasteiger partial charge on any atom is 0.127 e. The predicted molar refractivity (Wildman–Crippen MR) is 72.1 cm³/mol. The van der Waals surface area contributed by atoms with Gasteiger partial charge >= 0.3 is 0 Å². The first-order chi connectivity index (χ1) is 9.24. The second-order valence-corrected chi connectivity index (χ2v) is 4.76. The Labute approximate surface area is 112 Å². The molecule has 1 unspecified atom stereocenters. The first-order valence-corrected chi connectivity index (χ1v) is 6.36. The third-order valence-corrected chi connectivity index (χ3v) is 3.41. The Bertz CT molecular complexity index is 572. The summed E-state index contributed by atoms with van der Waals surface area (Å²) in [5.41, 5.74) is 2.24. The fourth-order valence-corrected chi connectivity index (χ4v) is 2.37. The minimum Gasteiger partial charge on any atom is -0.508 e. The van der Waals surface area contributed by atoms with Crippen LogP contribution in [0, 0.1) is 0 Å². The zero-order valence-corrected chi connectivity index (χ0v) is 10.7. The van der Waals surface area contributed by atoms with Crippen LogP contribution in [0.5, 0.6) is 11.5 Å². The summed E-state index contributed by atoms with van der Waals surface area (Å²) in [5, 5.41) is 13.0. The van der Waals surface area contributed by atoms with E-state index < -0.39 is 0 Å². The molecule has 4 nitrogen and oxygen atoms in total. The molecule has 98 valence electrons. The van der Waals surface area contributed by atoms with E-state index >= 15 is 0 Å². The van der Waals surface area contributed by atoms with E-state index in [0.29, 0.717) is 6.61 Å². The highest BCUT2D eigenvalue weighted by atomic mass is 16.5. The van der Waals surface area contributed by atoms with Gasteiger partial charge in [0.05, 0.1) is 6.04 Å². The molecule has 19 heavy (non-hydrogen) atoms. The van der Waals surface area contributed by atoms with Gasteiger partial charge in [0.25, 0.3) is 0 Å². The van der Waals surface area contributed by atoms with Crippen molar-refractivity contribution in [1.29, 1.82) is 0 Å². The summed E-state index contributed by atoms with van der Waals surface area (Å²) >= 11 is 0. The van der Waals surface area contributed by atoms with Gasteiger partial charge in [-0.1, -0.05) is 6.07 Å². The molecular weight excluding hydrogens is 240 g/mol. The molecule has 0 amide bonds. The van der Waals surface area contributed by atoms with Crippen LogP contribution >= 0.6 is 0 Å². The van der Waals surface area contributed by atoms with Crippen LogP contribution in [0.4, 0.5) is 0 Å². The maximum absolute atomic E-state index is 9.43. The van der Waals surface area contributed by atoms with Gasteiger partial charge in [-0.2, -0.15) is 0 Å². The molecular formula is C15H16N2O2. The van der Waals surface area contributed by atoms with Crippen molar-refractivity contribution >= 4 is 0 Å². The van der Waals surface area contributed by atoms with Gasteiger partial charge in [-0.05, 0) is 30.7 Å². The molecule has 3 rings (SSSR count). The average molecular weight is 256 g/mol. The van der Waals surface area contributed by atoms with Crippen LogP contribution in [-0.4, -0.2) is 16.7 Å². The quantitative estimate of drug-likeness (QED) is 0.886. The zero-order chi connectivity index (χ0) is 13.2. The third-order valence-electron chi connectivity index (χ3n) is 3.41. The molecule has 0 bridgehead atoms. The molecule has 0 radical (unpaired) electrons. The fraction of sp³-hybridized carbons (Fsp3) is 0.267. The average Bonchev–Trinajstić information content (AvgIpc) is 2.82. The molecule has 1 aromatic carbocycles. The molecule has 4 heteroatoms. The van der Waals surface area contributed by atoms with Gasteiger partial charge < -0.3 is 15.2 Å². The summed E-state index contributed by atoms with van der Waals surface area (Å²) in [7, 11) is 0. The number of nitrogens with zero attached hydrogens (tertiary/aromatic N) is 1. The summed E-state index contributed by atoms with van der Waals surface area (Å²) in [6, 6.07) is 9.59. The number of aromatic nitrogens is 1. The number of phenols is 1. The van der Waals surface area contributed by atoms with Crippen molar-refractivity contribution in [3.05, 3.63) is 53.9 Å². The minimum atomic E-state index is 0.144. The van der Waals surface area contributed by atoms with E-state index in [0.717, 1.165) is 16.9 Å². The van der Waals surface area contributed by atoms with Crippen LogP contribution in [-0.2, 0) is 0 Å². The van der Waals surface area contributed by atoms with Gasteiger partial charge in [-0.15, -0.1) is 0 Å². The number of hydrogen-bond acceptors (Lipinski definition) is 4. The van der Waals surface area contributed by atoms with E-state index in [-0.39, 0.29) is 17.8 Å². The van der Waals surface area contributed by atoms with Crippen molar-refractivity contribution in [3.63, 3.8) is 0 Å². The zero-order valence-electron chi connectivity index (χ0n) is 10.7. The van der Waals surface area contributed by atoms with Crippen LogP contribution in [0.2, 0.25) is 0 Å². The van der Waals surface area contributed by atoms with Crippen LogP contribution < -0.4 is 10.1 Å². The third kappa shape index (κ3) is 2.39. The molecule has 0 fully saturated rings. The van der Waals surface area contributed by atoms with Gasteiger partial charge in [0.1, 0.15) is 18.1 Å². The lowest BCUT2D eigenvalue weighted by atomic mass is 10.1. The van der Waals surface area contributed by atoms with E-state index in [1.807, 2.05) is 18.3 Å². The van der Waals surface area contributed by atoms with Crippen molar-refractivity contribution in [1.82, 2.24) is 10.3 Å². The molecule has 2 aromatic rings. The summed E-state index contributed by atoms with van der Waals surface area (Å²) < 4.78 is 5.59. The summed E-state index contributed by atoms with van der Waals surface area (Å²) in [4.78, 5) is 4.13. The van der Waals surface area contributed by atoms with Crippen molar-refractivity contribution in [2.45, 2.75) is 19.0 Å². The van der Waals surface area contributed by atoms with Crippen molar-refractivity contribution in [3.8, 4) is 11.5 Å². The lowest BCUT2D eigenvalue weighted by Gasteiger charge is -2.18. The van der Waals surface area contributed by atoms with Gasteiger partial charge in [-0.3, -0.25) is 4.98 Å². The van der Waals surface area contributed by atoms with Crippen LogP contribution in [0.3, 0.4) is 0 Å². The van der Waals surface area contributed by atoms with Crippen molar-refractivity contribution in [2.24, 2.45) is 0 Å². The number of pyridine rings is 1. The highest BCUT2D eigenvalue weighted by Crippen LogP contribution is 2.35. The van der Waals surface area contributed by atoms with E-state index in [2.05, 4.69) is 23.3 Å². The summed E-state index contributed by atoms with van der Waals surface area (Å²) in [6.45, 7) is 2.69. The smallest absolute Gasteiger partial charge is 0.127 e. The predicted octanol–water partition coefficient (Wildman–Crippen LogP) is 2.57. The number of nitrogens with one attached hydrogen (secondary N) is 1. The molecule has 0 aliphatic carbocycles. The standard InChI is InChI=1S/C15H16N2O2/c1-10(11-3-2-6-16-8-11)17-14-9-19-15-7-12(18)4-5-13(14)15/h2-8,10,14,17-18H,9H2,1H3/t10-,14?/m1/s1. The molecule has 2 atom stereocenters. The lowest BCUT2D eigenvalue weighted by Crippen LogP contribution is -2.25. The Morgan fingerprint density at radius 1 is 1.42 bits per heavy atom. The number of aromatic hydroxyl groups is 1. The molecule has 0 saturated carbocycles. The topological polar surface area (TPSA) is 54.4 Å². The van der Waals surface area contributed by atoms with Gasteiger partial charge in [0.15, 0.2) is 0 Å². The van der Waals surface area contributed by atoms with Crippen molar-refractivity contribution < 1.29 is 9.84 Å². The van der Waals surface area contributed by atoms with Gasteiger partial charge in [-0.25, -0.2) is 0 Å². The van der Waals surface area contributed by atoms with Crippen molar-refractivity contribution in [2.75, 3.05) is 6.61 Å². The summed E-state index contributed by atoms with van der Waals surface area (Å²) in [5.74, 6) is 0.996. The normalized spacial score (nSPS) is 18.7. The summed E-state index contributed by atoms with van der Waals surface area (Å²) in [6.07, 6.45) is 3.64. The number of phenolic OH excluding ortho intramolecular Hbond substituents is 1. The van der Waals surface area contributed by atoms with Crippen LogP contribution in [0.1, 0.15) is 30.1 Å². The SMILES string of the molecule is C[C@@H](NC1COc2cc(O)ccc21)c1cccnc1. The van der Waals surface area contributed by atoms with E-state index in [1.165, 1.54) is 0 Å². The molecule has 2 heterocycles. The Hall–Kier alpha value is -2.07. The highest BCUT2D eigenvalue weighted by molar-refractivity contribution is 5.44. The first kappa shape index (κ1) is 12.0. The van der Waals surface area contributed by atoms with Gasteiger partial charge in [0, 0.05) is 30.1 Å². The number of rotatable bonds is 3. The Balaban J connectivity index is 1.76. The minimum absolute atomic E-state index is 0.144. The van der Waals surface area contributed by atoms with E-state index in [1.54, 1.807) is 18.3 Å². The lowest BCUT2D eigenvalue weighted by molar-refractivity contribution is 0.300. The molecule has 0 spiro atoms. The van der Waals surface area contributed by atoms with E-state index in [9.17, 15) is 5.11 Å². The Morgan fingerprint density at radius 3 is 3.11 bits per heavy atom. The molecule has 1 aromatic heterocycles. The second kappa shape index (κ2) is 4.90. The molecule has 0 saturated heterocycles. The molecule has 2 N–H and O–H groups in total. The second-order valence-electron chi connectivity index (χ2n) is 4.76. The first-order valence-electron chi connectivity index (χ1n) is 6.36. The monoisotopic (exact) mass is 256 g/mol. The maximum atomic E-state index is 9.43.